The number of carboxylic acids is 2. The maximum Gasteiger partial charge on any atom is 0.335 e. The van der Waals surface area contributed by atoms with Crippen molar-refractivity contribution in [3.63, 3.8) is 0 Å². The maximum absolute atomic E-state index is 13.4. The second kappa shape index (κ2) is 13.5. The molecule has 0 unspecified atom stereocenters. The average molecular weight is 733 g/mol. The maximum atomic E-state index is 13.4. The number of carbonyl (C=O) groups is 6. The van der Waals surface area contributed by atoms with Crippen molar-refractivity contribution in [3.8, 4) is 34.5 Å². The molecule has 0 saturated heterocycles. The van der Waals surface area contributed by atoms with E-state index < -0.39 is 35.6 Å². The van der Waals surface area contributed by atoms with Gasteiger partial charge in [-0.1, -0.05) is 0 Å². The molecule has 0 fully saturated rings. The number of aromatic carboxylic acids is 2. The molecular formula is C42H24N2O11. The van der Waals surface area contributed by atoms with Crippen LogP contribution < -0.4 is 24.0 Å². The molecule has 2 N–H and O–H groups in total. The van der Waals surface area contributed by atoms with Gasteiger partial charge >= 0.3 is 11.9 Å². The first kappa shape index (κ1) is 34.0. The number of hydrogen-bond acceptors (Lipinski definition) is 9. The van der Waals surface area contributed by atoms with Gasteiger partial charge < -0.3 is 24.4 Å². The zero-order valence-corrected chi connectivity index (χ0v) is 28.2. The summed E-state index contributed by atoms with van der Waals surface area (Å²) in [6.45, 7) is 0. The van der Waals surface area contributed by atoms with E-state index in [1.54, 1.807) is 60.7 Å². The first-order valence-corrected chi connectivity index (χ1v) is 16.5. The highest BCUT2D eigenvalue weighted by atomic mass is 16.5. The summed E-state index contributed by atoms with van der Waals surface area (Å²) in [6, 6.07) is 33.2. The van der Waals surface area contributed by atoms with Crippen LogP contribution in [0.3, 0.4) is 0 Å². The minimum absolute atomic E-state index is 0.0984. The van der Waals surface area contributed by atoms with E-state index in [1.807, 2.05) is 0 Å². The summed E-state index contributed by atoms with van der Waals surface area (Å²) < 4.78 is 17.5. The summed E-state index contributed by atoms with van der Waals surface area (Å²) in [5.41, 5.74) is 1.55. The Morgan fingerprint density at radius 1 is 0.364 bits per heavy atom. The fourth-order valence-electron chi connectivity index (χ4n) is 6.10. The number of carboxylic acid groups (broad SMARTS) is 2. The number of nitrogens with zero attached hydrogens (tertiary/aromatic N) is 2. The predicted molar refractivity (Wildman–Crippen MR) is 195 cm³/mol. The number of anilines is 2. The lowest BCUT2D eigenvalue weighted by Crippen LogP contribution is -2.29. The van der Waals surface area contributed by atoms with Gasteiger partial charge in [0.25, 0.3) is 23.6 Å². The number of ether oxygens (including phenoxy) is 3. The molecule has 2 aliphatic heterocycles. The molecule has 8 rings (SSSR count). The molecule has 268 valence electrons. The van der Waals surface area contributed by atoms with Gasteiger partial charge in [-0.15, -0.1) is 0 Å². The summed E-state index contributed by atoms with van der Waals surface area (Å²) in [5.74, 6) is -2.14. The number of fused-ring (bicyclic) bond motifs is 2. The third-order valence-electron chi connectivity index (χ3n) is 8.82. The average Bonchev–Trinajstić information content (AvgIpc) is 3.58. The summed E-state index contributed by atoms with van der Waals surface area (Å²) in [7, 11) is 0. The molecule has 4 amide bonds. The molecule has 0 aromatic heterocycles. The van der Waals surface area contributed by atoms with Crippen LogP contribution in [-0.2, 0) is 0 Å². The highest BCUT2D eigenvalue weighted by Gasteiger charge is 2.38. The van der Waals surface area contributed by atoms with Crippen LogP contribution >= 0.6 is 0 Å². The zero-order valence-electron chi connectivity index (χ0n) is 28.2. The molecular weight excluding hydrogens is 708 g/mol. The topological polar surface area (TPSA) is 177 Å². The van der Waals surface area contributed by atoms with Crippen molar-refractivity contribution in [3.05, 3.63) is 167 Å². The fraction of sp³-hybridized carbons (Fsp3) is 0. The van der Waals surface area contributed by atoms with Crippen LogP contribution in [0.5, 0.6) is 34.5 Å². The van der Waals surface area contributed by atoms with Crippen LogP contribution in [0.1, 0.15) is 62.1 Å². The summed E-state index contributed by atoms with van der Waals surface area (Å²) >= 11 is 0. The van der Waals surface area contributed by atoms with Gasteiger partial charge in [0.15, 0.2) is 0 Å². The van der Waals surface area contributed by atoms with Crippen molar-refractivity contribution >= 4 is 46.9 Å². The van der Waals surface area contributed by atoms with Crippen molar-refractivity contribution in [1.29, 1.82) is 0 Å². The lowest BCUT2D eigenvalue weighted by molar-refractivity contribution is 0.0686. The quantitative estimate of drug-likeness (QED) is 0.130. The van der Waals surface area contributed by atoms with Gasteiger partial charge in [-0.25, -0.2) is 19.4 Å². The van der Waals surface area contributed by atoms with Crippen LogP contribution in [0, 0.1) is 0 Å². The molecule has 6 aromatic carbocycles. The summed E-state index contributed by atoms with van der Waals surface area (Å²) in [5, 5.41) is 18.2. The normalized spacial score (nSPS) is 13.1. The highest BCUT2D eigenvalue weighted by molar-refractivity contribution is 6.35. The molecule has 0 radical (unpaired) electrons. The fourth-order valence-corrected chi connectivity index (χ4v) is 6.10. The van der Waals surface area contributed by atoms with Crippen LogP contribution in [0.2, 0.25) is 0 Å². The first-order valence-electron chi connectivity index (χ1n) is 16.5. The molecule has 13 nitrogen and oxygen atoms in total. The number of benzene rings is 6. The highest BCUT2D eigenvalue weighted by Crippen LogP contribution is 2.36. The Kier molecular flexibility index (Phi) is 8.35. The molecule has 2 heterocycles. The molecule has 6 aromatic rings. The first-order chi connectivity index (χ1) is 26.5. The molecule has 0 aliphatic carbocycles. The van der Waals surface area contributed by atoms with Gasteiger partial charge in [0.1, 0.15) is 34.5 Å². The molecule has 55 heavy (non-hydrogen) atoms. The monoisotopic (exact) mass is 732 g/mol. The van der Waals surface area contributed by atoms with Crippen molar-refractivity contribution in [2.24, 2.45) is 0 Å². The number of imide groups is 2. The second-order valence-corrected chi connectivity index (χ2v) is 12.3. The van der Waals surface area contributed by atoms with Gasteiger partial charge in [0.2, 0.25) is 0 Å². The van der Waals surface area contributed by atoms with Gasteiger partial charge in [-0.05, 0) is 133 Å². The third-order valence-corrected chi connectivity index (χ3v) is 8.82. The Balaban J connectivity index is 0.914. The Hall–Kier alpha value is -8.06. The van der Waals surface area contributed by atoms with Gasteiger partial charge in [-0.3, -0.25) is 19.2 Å². The van der Waals surface area contributed by atoms with E-state index in [0.29, 0.717) is 45.9 Å². The Morgan fingerprint density at radius 3 is 0.964 bits per heavy atom. The SMILES string of the molecule is O=C(O)c1ccc(Oc2ccc3c(c2)C(=O)N(c2ccc(Oc4ccc(N5C(=O)c6ccc(Oc7ccc(C(=O)O)cc7)cc6C5=O)cc4)cc2)C3=O)cc1. The standard InChI is InChI=1S/C42H24N2O11/c45-37-33-19-17-31(54-27-9-1-23(2-10-27)41(49)50)21-35(33)39(47)43(37)25-5-13-29(14-6-25)53-30-15-7-26(8-16-30)44-38(46)34-20-18-32(22-36(34)40(44)48)55-28-11-3-24(4-12-28)42(51)52/h1-22H,(H,49,50)(H,51,52). The van der Waals surface area contributed by atoms with Crippen molar-refractivity contribution in [2.75, 3.05) is 9.80 Å². The molecule has 13 heteroatoms. The van der Waals surface area contributed by atoms with E-state index in [-0.39, 0.29) is 33.4 Å². The Bertz CT molecular complexity index is 2400. The molecule has 0 atom stereocenters. The van der Waals surface area contributed by atoms with E-state index in [0.717, 1.165) is 9.80 Å². The summed E-state index contributed by atoms with van der Waals surface area (Å²) in [6.07, 6.45) is 0. The number of hydrogen-bond donors (Lipinski definition) is 2. The van der Waals surface area contributed by atoms with Crippen molar-refractivity contribution in [1.82, 2.24) is 0 Å². The van der Waals surface area contributed by atoms with Crippen LogP contribution in [-0.4, -0.2) is 45.8 Å². The van der Waals surface area contributed by atoms with Gasteiger partial charge in [0.05, 0.1) is 44.8 Å². The Labute approximate surface area is 310 Å². The number of carbonyl (C=O) groups excluding carboxylic acids is 4. The smallest absolute Gasteiger partial charge is 0.335 e. The molecule has 0 bridgehead atoms. The van der Waals surface area contributed by atoms with Crippen molar-refractivity contribution in [2.45, 2.75) is 0 Å². The van der Waals surface area contributed by atoms with E-state index in [2.05, 4.69) is 0 Å². The molecule has 0 saturated carbocycles. The van der Waals surface area contributed by atoms with Crippen LogP contribution in [0.25, 0.3) is 0 Å². The minimum atomic E-state index is -1.07. The molecule has 2 aliphatic rings. The zero-order chi connectivity index (χ0) is 38.4. The van der Waals surface area contributed by atoms with Gasteiger partial charge in [0, 0.05) is 0 Å². The second-order valence-electron chi connectivity index (χ2n) is 12.3. The van der Waals surface area contributed by atoms with E-state index in [1.165, 1.54) is 72.8 Å². The van der Waals surface area contributed by atoms with E-state index in [9.17, 15) is 28.8 Å². The van der Waals surface area contributed by atoms with Crippen LogP contribution in [0.15, 0.2) is 133 Å². The van der Waals surface area contributed by atoms with Crippen molar-refractivity contribution < 1.29 is 53.2 Å². The summed E-state index contributed by atoms with van der Waals surface area (Å²) in [4.78, 5) is 77.5. The number of rotatable bonds is 10. The van der Waals surface area contributed by atoms with E-state index >= 15 is 0 Å². The lowest BCUT2D eigenvalue weighted by Gasteiger charge is -2.16. The van der Waals surface area contributed by atoms with E-state index in [4.69, 9.17) is 24.4 Å². The van der Waals surface area contributed by atoms with Crippen LogP contribution in [0.4, 0.5) is 11.4 Å². The largest absolute Gasteiger partial charge is 0.478 e. The third kappa shape index (κ3) is 6.38. The Morgan fingerprint density at radius 2 is 0.636 bits per heavy atom. The molecule has 0 spiro atoms. The predicted octanol–water partition coefficient (Wildman–Crippen LogP) is 8.06. The number of amides is 4. The lowest BCUT2D eigenvalue weighted by atomic mass is 10.1. The van der Waals surface area contributed by atoms with Gasteiger partial charge in [-0.2, -0.15) is 0 Å². The minimum Gasteiger partial charge on any atom is -0.478 e.